The van der Waals surface area contributed by atoms with Gasteiger partial charge in [-0.3, -0.25) is 0 Å². The Balaban J connectivity index is 2.48. The normalized spacial score (nSPS) is 26.9. The van der Waals surface area contributed by atoms with E-state index in [4.69, 9.17) is 12.2 Å². The average molecular weight is 228 g/mol. The lowest BCUT2D eigenvalue weighted by atomic mass is 9.98. The van der Waals surface area contributed by atoms with Crippen LogP contribution in [0.2, 0.25) is 0 Å². The monoisotopic (exact) mass is 228 g/mol. The largest absolute Gasteiger partial charge is 0.362 e. The molecule has 1 heterocycles. The number of nitrogens with zero attached hydrogens (tertiary/aromatic N) is 1. The maximum absolute atomic E-state index is 5.46. The van der Waals surface area contributed by atoms with E-state index in [2.05, 4.69) is 37.9 Å². The molecular formula is C12H24N2S. The molecule has 88 valence electrons. The van der Waals surface area contributed by atoms with Crippen LogP contribution in [0.3, 0.4) is 0 Å². The first kappa shape index (κ1) is 12.8. The lowest BCUT2D eigenvalue weighted by Crippen LogP contribution is -2.52. The Bertz CT molecular complexity index is 206. The van der Waals surface area contributed by atoms with Gasteiger partial charge in [-0.15, -0.1) is 0 Å². The van der Waals surface area contributed by atoms with Crippen molar-refractivity contribution in [3.05, 3.63) is 0 Å². The van der Waals surface area contributed by atoms with E-state index < -0.39 is 0 Å². The lowest BCUT2D eigenvalue weighted by Gasteiger charge is -2.41. The summed E-state index contributed by atoms with van der Waals surface area (Å²) in [5.41, 5.74) is 0. The minimum Gasteiger partial charge on any atom is -0.362 e. The highest BCUT2D eigenvalue weighted by Crippen LogP contribution is 2.22. The molecule has 0 aromatic heterocycles. The van der Waals surface area contributed by atoms with Crippen LogP contribution < -0.4 is 5.32 Å². The smallest absolute Gasteiger partial charge is 0.169 e. The van der Waals surface area contributed by atoms with Crippen LogP contribution in [0.5, 0.6) is 0 Å². The van der Waals surface area contributed by atoms with Crippen LogP contribution in [-0.4, -0.2) is 28.6 Å². The fraction of sp³-hybridized carbons (Fsp3) is 0.917. The van der Waals surface area contributed by atoms with Crippen molar-refractivity contribution in [1.82, 2.24) is 10.2 Å². The molecule has 2 unspecified atom stereocenters. The van der Waals surface area contributed by atoms with Crippen molar-refractivity contribution in [2.45, 2.75) is 59.0 Å². The summed E-state index contributed by atoms with van der Waals surface area (Å²) in [5, 5.41) is 4.32. The molecule has 1 rings (SSSR count). The molecular weight excluding hydrogens is 204 g/mol. The Morgan fingerprint density at radius 3 is 2.33 bits per heavy atom. The summed E-state index contributed by atoms with van der Waals surface area (Å²) >= 11 is 5.46. The molecule has 0 spiro atoms. The Hall–Kier alpha value is -0.310. The molecule has 0 amide bonds. The zero-order valence-corrected chi connectivity index (χ0v) is 11.2. The van der Waals surface area contributed by atoms with Gasteiger partial charge in [0.15, 0.2) is 5.11 Å². The van der Waals surface area contributed by atoms with E-state index in [1.165, 1.54) is 19.3 Å². The zero-order chi connectivity index (χ0) is 11.4. The number of likely N-dealkylation sites (tertiary alicyclic amines) is 1. The van der Waals surface area contributed by atoms with Crippen LogP contribution in [0, 0.1) is 5.92 Å². The number of thiocarbonyl (C=S) groups is 1. The standard InChI is InChI=1S/C12H24N2S/c1-9(2)8-13-12(15)14-10(3)6-5-7-11(14)4/h9-11H,5-8H2,1-4H3,(H,13,15). The Morgan fingerprint density at radius 2 is 1.87 bits per heavy atom. The van der Waals surface area contributed by atoms with Crippen molar-refractivity contribution < 1.29 is 0 Å². The molecule has 0 aromatic carbocycles. The van der Waals surface area contributed by atoms with Crippen molar-refractivity contribution in [1.29, 1.82) is 0 Å². The van der Waals surface area contributed by atoms with Gasteiger partial charge < -0.3 is 10.2 Å². The van der Waals surface area contributed by atoms with E-state index in [1.54, 1.807) is 0 Å². The van der Waals surface area contributed by atoms with Crippen LogP contribution in [-0.2, 0) is 0 Å². The van der Waals surface area contributed by atoms with E-state index in [-0.39, 0.29) is 0 Å². The van der Waals surface area contributed by atoms with E-state index in [9.17, 15) is 0 Å². The van der Waals surface area contributed by atoms with E-state index in [0.717, 1.165) is 11.7 Å². The molecule has 0 bridgehead atoms. The van der Waals surface area contributed by atoms with E-state index in [1.807, 2.05) is 0 Å². The molecule has 0 radical (unpaired) electrons. The topological polar surface area (TPSA) is 15.3 Å². The molecule has 1 fully saturated rings. The second-order valence-electron chi connectivity index (χ2n) is 5.12. The van der Waals surface area contributed by atoms with Crippen molar-refractivity contribution in [2.24, 2.45) is 5.92 Å². The van der Waals surface area contributed by atoms with Gasteiger partial charge >= 0.3 is 0 Å². The number of hydrogen-bond donors (Lipinski definition) is 1. The lowest BCUT2D eigenvalue weighted by molar-refractivity contribution is 0.189. The molecule has 0 saturated carbocycles. The van der Waals surface area contributed by atoms with Gasteiger partial charge in [0.05, 0.1) is 0 Å². The van der Waals surface area contributed by atoms with Gasteiger partial charge in [0, 0.05) is 18.6 Å². The molecule has 1 aliphatic rings. The summed E-state index contributed by atoms with van der Waals surface area (Å²) in [4.78, 5) is 2.38. The second kappa shape index (κ2) is 5.69. The summed E-state index contributed by atoms with van der Waals surface area (Å²) in [6.07, 6.45) is 3.88. The molecule has 0 aromatic rings. The van der Waals surface area contributed by atoms with Gasteiger partial charge in [0.25, 0.3) is 0 Å². The Labute approximate surface area is 99.4 Å². The molecule has 3 heteroatoms. The number of rotatable bonds is 2. The van der Waals surface area contributed by atoms with E-state index in [0.29, 0.717) is 18.0 Å². The van der Waals surface area contributed by atoms with Gasteiger partial charge in [0.2, 0.25) is 0 Å². The van der Waals surface area contributed by atoms with Crippen molar-refractivity contribution >= 4 is 17.3 Å². The third-order valence-electron chi connectivity index (χ3n) is 3.09. The molecule has 15 heavy (non-hydrogen) atoms. The number of piperidine rings is 1. The summed E-state index contributed by atoms with van der Waals surface area (Å²) in [6.45, 7) is 9.95. The Kier molecular flexibility index (Phi) is 4.84. The molecule has 1 N–H and O–H groups in total. The predicted octanol–water partition coefficient (Wildman–Crippen LogP) is 2.78. The minimum atomic E-state index is 0.598. The van der Waals surface area contributed by atoms with Crippen LogP contribution in [0.15, 0.2) is 0 Å². The third-order valence-corrected chi connectivity index (χ3v) is 3.44. The first-order valence-electron chi connectivity index (χ1n) is 6.08. The van der Waals surface area contributed by atoms with Crippen molar-refractivity contribution in [2.75, 3.05) is 6.54 Å². The predicted molar refractivity (Wildman–Crippen MR) is 70.1 cm³/mol. The van der Waals surface area contributed by atoms with Crippen LogP contribution in [0.25, 0.3) is 0 Å². The number of nitrogens with one attached hydrogen (secondary N) is 1. The van der Waals surface area contributed by atoms with Crippen LogP contribution in [0.1, 0.15) is 47.0 Å². The second-order valence-corrected chi connectivity index (χ2v) is 5.50. The average Bonchev–Trinajstić information content (AvgIpc) is 2.14. The molecule has 1 saturated heterocycles. The highest BCUT2D eigenvalue weighted by molar-refractivity contribution is 7.80. The zero-order valence-electron chi connectivity index (χ0n) is 10.4. The van der Waals surface area contributed by atoms with Crippen LogP contribution in [0.4, 0.5) is 0 Å². The van der Waals surface area contributed by atoms with Crippen molar-refractivity contribution in [3.63, 3.8) is 0 Å². The fourth-order valence-corrected chi connectivity index (χ4v) is 2.65. The first-order valence-corrected chi connectivity index (χ1v) is 6.49. The molecule has 1 aliphatic heterocycles. The van der Waals surface area contributed by atoms with Gasteiger partial charge in [-0.2, -0.15) is 0 Å². The number of hydrogen-bond acceptors (Lipinski definition) is 1. The molecule has 2 atom stereocenters. The first-order chi connectivity index (χ1) is 7.02. The van der Waals surface area contributed by atoms with Gasteiger partial charge in [-0.25, -0.2) is 0 Å². The molecule has 2 nitrogen and oxygen atoms in total. The summed E-state index contributed by atoms with van der Waals surface area (Å²) in [7, 11) is 0. The van der Waals surface area contributed by atoms with Gasteiger partial charge in [0.1, 0.15) is 0 Å². The summed E-state index contributed by atoms with van der Waals surface area (Å²) in [5.74, 6) is 0.651. The minimum absolute atomic E-state index is 0.598. The third kappa shape index (κ3) is 3.63. The highest BCUT2D eigenvalue weighted by atomic mass is 32.1. The highest BCUT2D eigenvalue weighted by Gasteiger charge is 2.26. The van der Waals surface area contributed by atoms with E-state index >= 15 is 0 Å². The maximum atomic E-state index is 5.46. The summed E-state index contributed by atoms with van der Waals surface area (Å²) < 4.78 is 0. The fourth-order valence-electron chi connectivity index (χ4n) is 2.20. The SMILES string of the molecule is CC(C)CNC(=S)N1C(C)CCCC1C. The van der Waals surface area contributed by atoms with Crippen LogP contribution >= 0.6 is 12.2 Å². The maximum Gasteiger partial charge on any atom is 0.169 e. The van der Waals surface area contributed by atoms with Crippen molar-refractivity contribution in [3.8, 4) is 0 Å². The summed E-state index contributed by atoms with van der Waals surface area (Å²) in [6, 6.07) is 1.20. The quantitative estimate of drug-likeness (QED) is 0.732. The molecule has 0 aliphatic carbocycles. The van der Waals surface area contributed by atoms with Gasteiger partial charge in [-0.1, -0.05) is 13.8 Å². The Morgan fingerprint density at radius 1 is 1.33 bits per heavy atom. The van der Waals surface area contributed by atoms with Gasteiger partial charge in [-0.05, 0) is 51.2 Å².